The van der Waals surface area contributed by atoms with Gasteiger partial charge in [-0.15, -0.1) is 0 Å². The molecule has 4 aromatic carbocycles. The van der Waals surface area contributed by atoms with Gasteiger partial charge in [0.15, 0.2) is 0 Å². The fraction of sp³-hybridized carbons (Fsp3) is 0.286. The summed E-state index contributed by atoms with van der Waals surface area (Å²) in [5, 5.41) is 20.5. The molecule has 0 aromatic heterocycles. The molecule has 1 heterocycles. The minimum absolute atomic E-state index is 0.188. The van der Waals surface area contributed by atoms with E-state index in [4.69, 9.17) is 9.47 Å². The second kappa shape index (κ2) is 14.2. The van der Waals surface area contributed by atoms with Crippen LogP contribution in [0.1, 0.15) is 24.2 Å². The second-order valence-corrected chi connectivity index (χ2v) is 11.5. The number of nitrogens with one attached hydrogen (secondary N) is 3. The Morgan fingerprint density at radius 2 is 1.72 bits per heavy atom. The summed E-state index contributed by atoms with van der Waals surface area (Å²) < 4.78 is 11.6. The van der Waals surface area contributed by atoms with E-state index >= 15 is 0 Å². The molecule has 0 fully saturated rings. The van der Waals surface area contributed by atoms with Gasteiger partial charge in [-0.25, -0.2) is 9.59 Å². The summed E-state index contributed by atoms with van der Waals surface area (Å²) in [6.07, 6.45) is -0.486. The highest BCUT2D eigenvalue weighted by Crippen LogP contribution is 2.31. The van der Waals surface area contributed by atoms with Gasteiger partial charge < -0.3 is 40.3 Å². The first-order chi connectivity index (χ1) is 22.2. The fourth-order valence-electron chi connectivity index (χ4n) is 5.38. The van der Waals surface area contributed by atoms with Gasteiger partial charge in [-0.1, -0.05) is 43.3 Å². The van der Waals surface area contributed by atoms with Crippen molar-refractivity contribution in [3.63, 3.8) is 0 Å². The first-order valence-electron chi connectivity index (χ1n) is 15.1. The predicted octanol–water partition coefficient (Wildman–Crippen LogP) is 5.88. The topological polar surface area (TPSA) is 132 Å². The van der Waals surface area contributed by atoms with Crippen LogP contribution in [0.4, 0.5) is 26.7 Å². The van der Waals surface area contributed by atoms with Gasteiger partial charge >= 0.3 is 12.1 Å². The quantitative estimate of drug-likeness (QED) is 0.194. The number of nitrogens with zero attached hydrogens (tertiary/aromatic N) is 2. The number of fused-ring (bicyclic) bond motifs is 2. The van der Waals surface area contributed by atoms with Crippen LogP contribution in [0.15, 0.2) is 84.9 Å². The van der Waals surface area contributed by atoms with Crippen molar-refractivity contribution < 1.29 is 29.0 Å². The minimum atomic E-state index is -0.486. The number of ether oxygens (including phenoxy) is 2. The molecular weight excluding hydrogens is 586 g/mol. The Balaban J connectivity index is 1.35. The van der Waals surface area contributed by atoms with Crippen molar-refractivity contribution in [1.82, 2.24) is 9.80 Å². The van der Waals surface area contributed by atoms with Crippen LogP contribution in [0.25, 0.3) is 10.8 Å². The Kier molecular flexibility index (Phi) is 9.92. The molecule has 3 atom stereocenters. The van der Waals surface area contributed by atoms with Crippen molar-refractivity contribution in [2.24, 2.45) is 5.92 Å². The van der Waals surface area contributed by atoms with E-state index in [-0.39, 0.29) is 43.1 Å². The lowest BCUT2D eigenvalue weighted by molar-refractivity contribution is 0.0371. The van der Waals surface area contributed by atoms with E-state index in [0.29, 0.717) is 28.6 Å². The molecule has 0 radical (unpaired) electrons. The number of hydrogen-bond acceptors (Lipinski definition) is 6. The maximum atomic E-state index is 13.8. The summed E-state index contributed by atoms with van der Waals surface area (Å²) in [6.45, 7) is 4.01. The van der Waals surface area contributed by atoms with Gasteiger partial charge in [0.1, 0.15) is 17.6 Å². The summed E-state index contributed by atoms with van der Waals surface area (Å²) in [5.74, 6) is 0.486. The van der Waals surface area contributed by atoms with Crippen molar-refractivity contribution >= 4 is 45.8 Å². The van der Waals surface area contributed by atoms with E-state index in [1.165, 1.54) is 4.90 Å². The SMILES string of the molecule is COc1ccc(NC(=O)N(C)C[C@H]2Oc3ccc(NC(=O)Nc4cccc5ccccc45)cc3C(=O)N([C@H](C)CO)C[C@H]2C)cc1. The Hall–Kier alpha value is -5.29. The van der Waals surface area contributed by atoms with Crippen LogP contribution < -0.4 is 25.4 Å². The highest BCUT2D eigenvalue weighted by atomic mass is 16.5. The molecule has 0 saturated heterocycles. The number of hydrogen-bond donors (Lipinski definition) is 4. The van der Waals surface area contributed by atoms with Crippen LogP contribution in [0.3, 0.4) is 0 Å². The average molecular weight is 626 g/mol. The maximum absolute atomic E-state index is 13.8. The highest BCUT2D eigenvalue weighted by Gasteiger charge is 2.34. The van der Waals surface area contributed by atoms with Gasteiger partial charge in [0.25, 0.3) is 5.91 Å². The van der Waals surface area contributed by atoms with Crippen molar-refractivity contribution in [1.29, 1.82) is 0 Å². The lowest BCUT2D eigenvalue weighted by Crippen LogP contribution is -2.50. The van der Waals surface area contributed by atoms with Gasteiger partial charge in [0, 0.05) is 36.3 Å². The average Bonchev–Trinajstić information content (AvgIpc) is 3.06. The number of aliphatic hydroxyl groups is 1. The van der Waals surface area contributed by atoms with Crippen molar-refractivity contribution in [2.45, 2.75) is 26.0 Å². The molecule has 4 aromatic rings. The summed E-state index contributed by atoms with van der Waals surface area (Å²) in [4.78, 5) is 43.0. The molecule has 1 aliphatic heterocycles. The lowest BCUT2D eigenvalue weighted by atomic mass is 9.99. The molecule has 0 aliphatic carbocycles. The zero-order valence-electron chi connectivity index (χ0n) is 26.3. The number of carbonyl (C=O) groups excluding carboxylic acids is 3. The molecule has 0 unspecified atom stereocenters. The van der Waals surface area contributed by atoms with Crippen LogP contribution in [-0.4, -0.2) is 78.9 Å². The van der Waals surface area contributed by atoms with E-state index in [2.05, 4.69) is 16.0 Å². The maximum Gasteiger partial charge on any atom is 0.323 e. The summed E-state index contributed by atoms with van der Waals surface area (Å²) in [6, 6.07) is 24.1. The second-order valence-electron chi connectivity index (χ2n) is 11.5. The third-order valence-corrected chi connectivity index (χ3v) is 8.10. The monoisotopic (exact) mass is 625 g/mol. The number of methoxy groups -OCH3 is 1. The van der Waals surface area contributed by atoms with E-state index < -0.39 is 18.2 Å². The first kappa shape index (κ1) is 32.1. The first-order valence-corrected chi connectivity index (χ1v) is 15.1. The van der Waals surface area contributed by atoms with Gasteiger partial charge in [0.2, 0.25) is 0 Å². The van der Waals surface area contributed by atoms with Crippen LogP contribution in [0.2, 0.25) is 0 Å². The number of urea groups is 2. The Morgan fingerprint density at radius 1 is 1.00 bits per heavy atom. The number of likely N-dealkylation sites (N-methyl/N-ethyl adjacent to an activating group) is 1. The van der Waals surface area contributed by atoms with Gasteiger partial charge in [-0.3, -0.25) is 4.79 Å². The Morgan fingerprint density at radius 3 is 2.46 bits per heavy atom. The largest absolute Gasteiger partial charge is 0.497 e. The molecule has 0 spiro atoms. The zero-order valence-corrected chi connectivity index (χ0v) is 26.3. The van der Waals surface area contributed by atoms with Gasteiger partial charge in [-0.2, -0.15) is 0 Å². The van der Waals surface area contributed by atoms with Gasteiger partial charge in [0.05, 0.1) is 37.6 Å². The summed E-state index contributed by atoms with van der Waals surface area (Å²) in [5.41, 5.74) is 1.91. The number of carbonyl (C=O) groups is 3. The summed E-state index contributed by atoms with van der Waals surface area (Å²) in [7, 11) is 3.25. The lowest BCUT2D eigenvalue weighted by Gasteiger charge is -2.38. The van der Waals surface area contributed by atoms with Crippen molar-refractivity contribution in [3.05, 3.63) is 90.5 Å². The number of amides is 5. The van der Waals surface area contributed by atoms with Crippen LogP contribution in [0.5, 0.6) is 11.5 Å². The molecule has 0 saturated carbocycles. The number of anilines is 3. The van der Waals surface area contributed by atoms with Crippen molar-refractivity contribution in [2.75, 3.05) is 49.8 Å². The smallest absolute Gasteiger partial charge is 0.323 e. The standard InChI is InChI=1S/C35H39N5O6/c1-22-19-40(23(2)21-41)33(42)29-18-26(36-34(43)38-30-11-7-9-24-8-5-6-10-28(24)30)14-17-31(29)46-32(22)20-39(3)35(44)37-25-12-15-27(45-4)16-13-25/h5-18,22-23,32,41H,19-21H2,1-4H3,(H,37,44)(H2,36,38,43)/t22-,23-,32-/m1/s1. The molecule has 4 N–H and O–H groups in total. The van der Waals surface area contributed by atoms with Crippen molar-refractivity contribution in [3.8, 4) is 11.5 Å². The normalized spacial score (nSPS) is 16.7. The van der Waals surface area contributed by atoms with Crippen LogP contribution >= 0.6 is 0 Å². The van der Waals surface area contributed by atoms with Crippen LogP contribution in [-0.2, 0) is 0 Å². The van der Waals surface area contributed by atoms with E-state index in [0.717, 1.165) is 10.8 Å². The van der Waals surface area contributed by atoms with E-state index in [1.54, 1.807) is 68.4 Å². The highest BCUT2D eigenvalue weighted by molar-refractivity contribution is 6.07. The molecule has 5 amide bonds. The zero-order chi connectivity index (χ0) is 32.8. The number of rotatable bonds is 8. The molecule has 5 rings (SSSR count). The molecule has 11 heteroatoms. The predicted molar refractivity (Wildman–Crippen MR) is 179 cm³/mol. The molecule has 46 heavy (non-hydrogen) atoms. The van der Waals surface area contributed by atoms with E-state index in [9.17, 15) is 19.5 Å². The molecule has 0 bridgehead atoms. The Bertz CT molecular complexity index is 1710. The fourth-order valence-corrected chi connectivity index (χ4v) is 5.38. The molecule has 11 nitrogen and oxygen atoms in total. The number of benzene rings is 4. The van der Waals surface area contributed by atoms with Gasteiger partial charge in [-0.05, 0) is 60.8 Å². The summed E-state index contributed by atoms with van der Waals surface area (Å²) >= 11 is 0. The van der Waals surface area contributed by atoms with E-state index in [1.807, 2.05) is 49.4 Å². The minimum Gasteiger partial charge on any atom is -0.497 e. The third kappa shape index (κ3) is 7.32. The molecular formula is C35H39N5O6. The van der Waals surface area contributed by atoms with Crippen LogP contribution in [0, 0.1) is 5.92 Å². The molecule has 240 valence electrons. The number of aliphatic hydroxyl groups excluding tert-OH is 1. The third-order valence-electron chi connectivity index (χ3n) is 8.10. The Labute approximate surface area is 268 Å². The molecule has 1 aliphatic rings.